The Morgan fingerprint density at radius 1 is 1.17 bits per heavy atom. The number of pyridine rings is 2. The number of hydrogen-bond donors (Lipinski definition) is 3. The second-order valence-electron chi connectivity index (χ2n) is 8.14. The lowest BCUT2D eigenvalue weighted by Crippen LogP contribution is -2.38. The summed E-state index contributed by atoms with van der Waals surface area (Å²) >= 11 is 0. The van der Waals surface area contributed by atoms with E-state index in [0.717, 1.165) is 25.0 Å². The summed E-state index contributed by atoms with van der Waals surface area (Å²) < 4.78 is 34.2. The summed E-state index contributed by atoms with van der Waals surface area (Å²) in [6.07, 6.45) is 3.52. The van der Waals surface area contributed by atoms with E-state index in [9.17, 15) is 18.4 Å². The normalized spacial score (nSPS) is 13.8. The molecule has 0 atom stereocenters. The van der Waals surface area contributed by atoms with Crippen LogP contribution in [0.15, 0.2) is 42.6 Å². The molecule has 0 saturated carbocycles. The van der Waals surface area contributed by atoms with E-state index >= 15 is 0 Å². The third-order valence-corrected chi connectivity index (χ3v) is 5.79. The molecule has 0 radical (unpaired) electrons. The fourth-order valence-electron chi connectivity index (χ4n) is 3.82. The Hall–Kier alpha value is -3.92. The van der Waals surface area contributed by atoms with Crippen molar-refractivity contribution in [2.24, 2.45) is 0 Å². The van der Waals surface area contributed by atoms with Crippen molar-refractivity contribution < 1.29 is 23.1 Å². The quantitative estimate of drug-likeness (QED) is 0.425. The molecule has 1 aromatic carbocycles. The van der Waals surface area contributed by atoms with Crippen molar-refractivity contribution in [3.63, 3.8) is 0 Å². The number of nitrogens with one attached hydrogen (secondary N) is 3. The minimum absolute atomic E-state index is 0.0730. The molecule has 35 heavy (non-hydrogen) atoms. The second kappa shape index (κ2) is 11.0. The molecule has 1 aliphatic rings. The van der Waals surface area contributed by atoms with Gasteiger partial charge < -0.3 is 20.7 Å². The predicted octanol–water partition coefficient (Wildman–Crippen LogP) is 3.63. The molecule has 4 rings (SSSR count). The maximum Gasteiger partial charge on any atom is 0.253 e. The van der Waals surface area contributed by atoms with Gasteiger partial charge in [0, 0.05) is 31.1 Å². The number of carbonyl (C=O) groups excluding carboxylic acids is 2. The average molecular weight is 482 g/mol. The first-order chi connectivity index (χ1) is 17.0. The number of amides is 2. The van der Waals surface area contributed by atoms with Gasteiger partial charge in [0.15, 0.2) is 0 Å². The first-order valence-corrected chi connectivity index (χ1v) is 11.2. The van der Waals surface area contributed by atoms with E-state index in [1.54, 1.807) is 19.1 Å². The van der Waals surface area contributed by atoms with Crippen LogP contribution in [0.3, 0.4) is 0 Å². The average Bonchev–Trinajstić information content (AvgIpc) is 2.86. The zero-order chi connectivity index (χ0) is 24.8. The van der Waals surface area contributed by atoms with Crippen LogP contribution in [0, 0.1) is 18.6 Å². The summed E-state index contributed by atoms with van der Waals surface area (Å²) in [5.74, 6) is -1.29. The molecule has 182 valence electrons. The summed E-state index contributed by atoms with van der Waals surface area (Å²) in [4.78, 5) is 32.0. The fourth-order valence-corrected chi connectivity index (χ4v) is 3.82. The van der Waals surface area contributed by atoms with Gasteiger partial charge in [0.1, 0.15) is 17.5 Å². The molecule has 3 heterocycles. The number of halogens is 2. The topological polar surface area (TPSA) is 105 Å². The molecule has 2 amide bonds. The number of hydrogen-bond acceptors (Lipinski definition) is 6. The Balaban J connectivity index is 1.59. The van der Waals surface area contributed by atoms with Crippen LogP contribution in [-0.4, -0.2) is 41.5 Å². The molecule has 1 fully saturated rings. The van der Waals surface area contributed by atoms with E-state index in [2.05, 4.69) is 25.9 Å². The summed E-state index contributed by atoms with van der Waals surface area (Å²) in [5, 5.41) is 8.64. The molecule has 1 aliphatic heterocycles. The van der Waals surface area contributed by atoms with E-state index in [1.165, 1.54) is 18.3 Å². The SMILES string of the molecule is Cc1c(Nc2ccc(C(=O)NC3CCOCC3)cn2)cc(-c2c(F)cccc2F)nc1CNC=O. The molecule has 3 N–H and O–H groups in total. The Morgan fingerprint density at radius 3 is 2.57 bits per heavy atom. The lowest BCUT2D eigenvalue weighted by atomic mass is 10.1. The van der Waals surface area contributed by atoms with Crippen LogP contribution in [0.2, 0.25) is 0 Å². The van der Waals surface area contributed by atoms with Gasteiger partial charge in [-0.25, -0.2) is 13.8 Å². The maximum atomic E-state index is 14.4. The van der Waals surface area contributed by atoms with E-state index < -0.39 is 11.6 Å². The molecular weight excluding hydrogens is 456 g/mol. The number of benzene rings is 1. The van der Waals surface area contributed by atoms with Gasteiger partial charge in [-0.1, -0.05) is 6.07 Å². The molecule has 0 bridgehead atoms. The van der Waals surface area contributed by atoms with E-state index in [-0.39, 0.29) is 29.8 Å². The van der Waals surface area contributed by atoms with Crippen LogP contribution in [-0.2, 0) is 16.1 Å². The van der Waals surface area contributed by atoms with Crippen LogP contribution in [0.25, 0.3) is 11.3 Å². The van der Waals surface area contributed by atoms with Crippen molar-refractivity contribution in [3.05, 3.63) is 71.1 Å². The predicted molar refractivity (Wildman–Crippen MR) is 126 cm³/mol. The summed E-state index contributed by atoms with van der Waals surface area (Å²) in [6, 6.07) is 8.47. The van der Waals surface area contributed by atoms with Gasteiger partial charge in [-0.05, 0) is 55.7 Å². The highest BCUT2D eigenvalue weighted by molar-refractivity contribution is 5.94. The van der Waals surface area contributed by atoms with Gasteiger partial charge in [0.25, 0.3) is 5.91 Å². The number of aromatic nitrogens is 2. The minimum Gasteiger partial charge on any atom is -0.381 e. The van der Waals surface area contributed by atoms with Crippen LogP contribution < -0.4 is 16.0 Å². The molecular formula is C25H25F2N5O3. The maximum absolute atomic E-state index is 14.4. The number of anilines is 2. The smallest absolute Gasteiger partial charge is 0.253 e. The van der Waals surface area contributed by atoms with E-state index in [0.29, 0.717) is 47.9 Å². The van der Waals surface area contributed by atoms with Gasteiger partial charge >= 0.3 is 0 Å². The highest BCUT2D eigenvalue weighted by Gasteiger charge is 2.19. The van der Waals surface area contributed by atoms with Crippen LogP contribution in [0.4, 0.5) is 20.3 Å². The van der Waals surface area contributed by atoms with E-state index in [4.69, 9.17) is 4.74 Å². The van der Waals surface area contributed by atoms with Crippen LogP contribution in [0.1, 0.15) is 34.5 Å². The zero-order valence-electron chi connectivity index (χ0n) is 19.1. The van der Waals surface area contributed by atoms with Crippen molar-refractivity contribution in [1.29, 1.82) is 0 Å². The third-order valence-electron chi connectivity index (χ3n) is 5.79. The highest BCUT2D eigenvalue weighted by atomic mass is 19.1. The molecule has 3 aromatic rings. The number of nitrogens with zero attached hydrogens (tertiary/aromatic N) is 2. The number of carbonyl (C=O) groups is 2. The Labute approximate surface area is 201 Å². The van der Waals surface area contributed by atoms with E-state index in [1.807, 2.05) is 0 Å². The number of ether oxygens (including phenoxy) is 1. The van der Waals surface area contributed by atoms with Crippen molar-refractivity contribution in [1.82, 2.24) is 20.6 Å². The Morgan fingerprint density at radius 2 is 1.91 bits per heavy atom. The van der Waals surface area contributed by atoms with Crippen molar-refractivity contribution >= 4 is 23.8 Å². The fraction of sp³-hybridized carbons (Fsp3) is 0.280. The molecule has 0 unspecified atom stereocenters. The van der Waals surface area contributed by atoms with Crippen molar-refractivity contribution in [2.45, 2.75) is 32.4 Å². The third kappa shape index (κ3) is 5.78. The molecule has 1 saturated heterocycles. The highest BCUT2D eigenvalue weighted by Crippen LogP contribution is 2.31. The van der Waals surface area contributed by atoms with Gasteiger partial charge in [0.2, 0.25) is 6.41 Å². The lowest BCUT2D eigenvalue weighted by Gasteiger charge is -2.23. The van der Waals surface area contributed by atoms with Gasteiger partial charge in [-0.2, -0.15) is 0 Å². The van der Waals surface area contributed by atoms with Crippen molar-refractivity contribution in [2.75, 3.05) is 18.5 Å². The van der Waals surface area contributed by atoms with Gasteiger partial charge in [-0.15, -0.1) is 0 Å². The first-order valence-electron chi connectivity index (χ1n) is 11.2. The molecule has 10 heteroatoms. The lowest BCUT2D eigenvalue weighted by molar-refractivity contribution is -0.109. The molecule has 0 spiro atoms. The minimum atomic E-state index is -0.750. The second-order valence-corrected chi connectivity index (χ2v) is 8.14. The first kappa shape index (κ1) is 24.2. The summed E-state index contributed by atoms with van der Waals surface area (Å²) in [6.45, 7) is 3.10. The Kier molecular flexibility index (Phi) is 7.61. The number of rotatable bonds is 8. The standard InChI is InChI=1S/C25H25F2N5O3/c1-15-20(11-21(31-22(15)13-28-14-33)24-18(26)3-2-4-19(24)27)32-23-6-5-16(12-29-23)25(34)30-17-7-9-35-10-8-17/h2-6,11-12,14,17H,7-10,13H2,1H3,(H,28,33)(H,30,34)(H,29,31,32). The summed E-state index contributed by atoms with van der Waals surface area (Å²) in [7, 11) is 0. The monoisotopic (exact) mass is 481 g/mol. The Bertz CT molecular complexity index is 1190. The van der Waals surface area contributed by atoms with Gasteiger partial charge in [0.05, 0.1) is 29.1 Å². The summed E-state index contributed by atoms with van der Waals surface area (Å²) in [5.41, 5.74) is 1.83. The molecule has 2 aromatic heterocycles. The van der Waals surface area contributed by atoms with Crippen LogP contribution in [0.5, 0.6) is 0 Å². The largest absolute Gasteiger partial charge is 0.381 e. The molecule has 0 aliphatic carbocycles. The van der Waals surface area contributed by atoms with Crippen molar-refractivity contribution in [3.8, 4) is 11.3 Å². The zero-order valence-corrected chi connectivity index (χ0v) is 19.1. The van der Waals surface area contributed by atoms with Crippen LogP contribution >= 0.6 is 0 Å². The molecule has 8 nitrogen and oxygen atoms in total. The van der Waals surface area contributed by atoms with Gasteiger partial charge in [-0.3, -0.25) is 14.6 Å².